The van der Waals surface area contributed by atoms with Gasteiger partial charge in [-0.05, 0) is 41.6 Å². The van der Waals surface area contributed by atoms with Crippen LogP contribution in [0.25, 0.3) is 0 Å². The van der Waals surface area contributed by atoms with Crippen LogP contribution in [0.4, 0.5) is 5.82 Å². The fourth-order valence-corrected chi connectivity index (χ4v) is 4.22. The van der Waals surface area contributed by atoms with Crippen LogP contribution in [0.1, 0.15) is 63.6 Å². The van der Waals surface area contributed by atoms with E-state index in [0.29, 0.717) is 18.1 Å². The van der Waals surface area contributed by atoms with Crippen molar-refractivity contribution >= 4 is 21.7 Å². The van der Waals surface area contributed by atoms with Gasteiger partial charge >= 0.3 is 0 Å². The second kappa shape index (κ2) is 6.06. The molecule has 0 bridgehead atoms. The first kappa shape index (κ1) is 14.4. The van der Waals surface area contributed by atoms with E-state index >= 15 is 0 Å². The van der Waals surface area contributed by atoms with Gasteiger partial charge in [0.15, 0.2) is 0 Å². The molecule has 1 N–H and O–H groups in total. The Hall–Kier alpha value is -0.550. The van der Waals surface area contributed by atoms with Crippen molar-refractivity contribution in [2.24, 2.45) is 0 Å². The lowest BCUT2D eigenvalue weighted by Gasteiger charge is -2.29. The van der Waals surface area contributed by atoms with Crippen molar-refractivity contribution in [1.82, 2.24) is 9.78 Å². The van der Waals surface area contributed by atoms with E-state index in [2.05, 4.69) is 39.8 Å². The fraction of sp³-hybridized carbons (Fsp3) is 0.800. The summed E-state index contributed by atoms with van der Waals surface area (Å²) in [5.41, 5.74) is 1.19. The van der Waals surface area contributed by atoms with Gasteiger partial charge in [-0.2, -0.15) is 5.10 Å². The number of hydrogen-bond donors (Lipinski definition) is 1. The predicted octanol–water partition coefficient (Wildman–Crippen LogP) is 4.08. The number of nitrogens with zero attached hydrogens (tertiary/aromatic N) is 2. The average molecular weight is 342 g/mol. The summed E-state index contributed by atoms with van der Waals surface area (Å²) in [6.07, 6.45) is 6.18. The molecule has 0 amide bonds. The summed E-state index contributed by atoms with van der Waals surface area (Å²) in [4.78, 5) is 0. The van der Waals surface area contributed by atoms with Crippen molar-refractivity contribution in [3.63, 3.8) is 0 Å². The topological polar surface area (TPSA) is 39.1 Å². The molecule has 3 atom stereocenters. The fourth-order valence-electron chi connectivity index (χ4n) is 3.43. The van der Waals surface area contributed by atoms with Crippen LogP contribution in [0, 0.1) is 0 Å². The molecule has 3 heterocycles. The first-order valence-electron chi connectivity index (χ1n) is 7.85. The highest BCUT2D eigenvalue weighted by atomic mass is 79.9. The monoisotopic (exact) mass is 341 g/mol. The number of rotatable bonds is 4. The summed E-state index contributed by atoms with van der Waals surface area (Å²) in [6.45, 7) is 6.42. The Morgan fingerprint density at radius 1 is 1.50 bits per heavy atom. The maximum Gasteiger partial charge on any atom is 0.139 e. The van der Waals surface area contributed by atoms with Crippen LogP contribution in [0.3, 0.4) is 0 Å². The summed E-state index contributed by atoms with van der Waals surface area (Å²) < 4.78 is 9.24. The quantitative estimate of drug-likeness (QED) is 0.896. The molecule has 112 valence electrons. The lowest BCUT2D eigenvalue weighted by molar-refractivity contribution is 0.0590. The van der Waals surface area contributed by atoms with E-state index in [1.165, 1.54) is 31.4 Å². The molecule has 1 aromatic rings. The van der Waals surface area contributed by atoms with E-state index in [-0.39, 0.29) is 0 Å². The molecule has 1 saturated heterocycles. The van der Waals surface area contributed by atoms with Crippen molar-refractivity contribution in [1.29, 1.82) is 0 Å². The Kier molecular flexibility index (Phi) is 4.36. The maximum atomic E-state index is 5.90. The minimum Gasteiger partial charge on any atom is -0.376 e. The molecule has 0 saturated carbocycles. The normalized spacial score (nSPS) is 27.1. The molecule has 5 heteroatoms. The Labute approximate surface area is 129 Å². The number of nitrogens with one attached hydrogen (secondary N) is 1. The van der Waals surface area contributed by atoms with Gasteiger partial charge in [0.1, 0.15) is 5.82 Å². The highest BCUT2D eigenvalue weighted by molar-refractivity contribution is 9.10. The van der Waals surface area contributed by atoms with Crippen LogP contribution in [-0.4, -0.2) is 29.0 Å². The Morgan fingerprint density at radius 2 is 2.35 bits per heavy atom. The summed E-state index contributed by atoms with van der Waals surface area (Å²) >= 11 is 3.76. The molecule has 0 spiro atoms. The van der Waals surface area contributed by atoms with E-state index < -0.39 is 0 Å². The Bertz CT molecular complexity index is 468. The van der Waals surface area contributed by atoms with E-state index in [9.17, 15) is 0 Å². The van der Waals surface area contributed by atoms with Crippen molar-refractivity contribution in [3.8, 4) is 0 Å². The molecule has 2 aliphatic rings. The first-order valence-corrected chi connectivity index (χ1v) is 8.65. The minimum absolute atomic E-state index is 0.344. The van der Waals surface area contributed by atoms with Crippen molar-refractivity contribution in [2.45, 2.75) is 64.0 Å². The summed E-state index contributed by atoms with van der Waals surface area (Å²) in [5, 5.41) is 8.42. The smallest absolute Gasteiger partial charge is 0.139 e. The van der Waals surface area contributed by atoms with Gasteiger partial charge in [-0.1, -0.05) is 20.3 Å². The Balaban J connectivity index is 1.91. The van der Waals surface area contributed by atoms with E-state index in [0.717, 1.165) is 29.9 Å². The highest BCUT2D eigenvalue weighted by Crippen LogP contribution is 2.40. The number of anilines is 1. The minimum atomic E-state index is 0.344. The number of ether oxygens (including phenoxy) is 1. The van der Waals surface area contributed by atoms with Gasteiger partial charge in [-0.15, -0.1) is 0 Å². The van der Waals surface area contributed by atoms with Crippen LogP contribution in [0.15, 0.2) is 4.47 Å². The lowest BCUT2D eigenvalue weighted by Crippen LogP contribution is -2.31. The van der Waals surface area contributed by atoms with Crippen LogP contribution >= 0.6 is 15.9 Å². The molecule has 4 nitrogen and oxygen atoms in total. The highest BCUT2D eigenvalue weighted by Gasteiger charge is 2.34. The molecular formula is C15H24BrN3O. The molecule has 0 aliphatic carbocycles. The Morgan fingerprint density at radius 3 is 3.05 bits per heavy atom. The third-order valence-electron chi connectivity index (χ3n) is 4.51. The van der Waals surface area contributed by atoms with Crippen molar-refractivity contribution in [2.75, 3.05) is 18.5 Å². The summed E-state index contributed by atoms with van der Waals surface area (Å²) in [5.74, 6) is 1.65. The molecule has 2 aliphatic heterocycles. The zero-order valence-electron chi connectivity index (χ0n) is 12.4. The largest absolute Gasteiger partial charge is 0.376 e. The number of fused-ring (bicyclic) bond motifs is 1. The van der Waals surface area contributed by atoms with Crippen LogP contribution < -0.4 is 5.32 Å². The van der Waals surface area contributed by atoms with Crippen LogP contribution in [-0.2, 0) is 4.74 Å². The average Bonchev–Trinajstić information content (AvgIpc) is 3.07. The van der Waals surface area contributed by atoms with Crippen LogP contribution in [0.5, 0.6) is 0 Å². The lowest BCUT2D eigenvalue weighted by atomic mass is 10.0. The van der Waals surface area contributed by atoms with Gasteiger partial charge in [0.2, 0.25) is 0 Å². The number of aromatic nitrogens is 2. The van der Waals surface area contributed by atoms with Crippen LogP contribution in [0.2, 0.25) is 0 Å². The molecule has 1 fully saturated rings. The van der Waals surface area contributed by atoms with Crippen molar-refractivity contribution in [3.05, 3.63) is 10.2 Å². The van der Waals surface area contributed by atoms with Crippen molar-refractivity contribution < 1.29 is 4.74 Å². The summed E-state index contributed by atoms with van der Waals surface area (Å²) in [7, 11) is 0. The van der Waals surface area contributed by atoms with E-state index in [4.69, 9.17) is 9.84 Å². The number of halogens is 1. The zero-order valence-corrected chi connectivity index (χ0v) is 13.9. The molecule has 3 rings (SSSR count). The maximum absolute atomic E-state index is 5.90. The molecule has 20 heavy (non-hydrogen) atoms. The van der Waals surface area contributed by atoms with E-state index in [1.807, 2.05) is 0 Å². The SMILES string of the molecule is CCCC(C)c1nn2c(c1Br)NCCC2C1CCCO1. The van der Waals surface area contributed by atoms with E-state index in [1.54, 1.807) is 0 Å². The second-order valence-corrected chi connectivity index (χ2v) is 6.81. The van der Waals surface area contributed by atoms with Gasteiger partial charge in [0, 0.05) is 19.1 Å². The molecule has 0 radical (unpaired) electrons. The van der Waals surface area contributed by atoms with Gasteiger partial charge in [-0.25, -0.2) is 4.68 Å². The molecular weight excluding hydrogens is 318 g/mol. The zero-order chi connectivity index (χ0) is 14.1. The second-order valence-electron chi connectivity index (χ2n) is 6.02. The van der Waals surface area contributed by atoms with Gasteiger partial charge in [0.05, 0.1) is 22.3 Å². The third-order valence-corrected chi connectivity index (χ3v) is 5.29. The molecule has 0 aromatic carbocycles. The van der Waals surface area contributed by atoms with Gasteiger partial charge in [0.25, 0.3) is 0 Å². The first-order chi connectivity index (χ1) is 9.72. The molecule has 3 unspecified atom stereocenters. The predicted molar refractivity (Wildman–Crippen MR) is 84.4 cm³/mol. The molecule has 1 aromatic heterocycles. The van der Waals surface area contributed by atoms with Gasteiger partial charge < -0.3 is 10.1 Å². The van der Waals surface area contributed by atoms with Gasteiger partial charge in [-0.3, -0.25) is 0 Å². The standard InChI is InChI=1S/C15H24BrN3O/c1-3-5-10(2)14-13(16)15-17-8-7-11(19(15)18-14)12-6-4-9-20-12/h10-12,17H,3-9H2,1-2H3. The third kappa shape index (κ3) is 2.50. The summed E-state index contributed by atoms with van der Waals surface area (Å²) in [6, 6.07) is 0.396. The number of hydrogen-bond acceptors (Lipinski definition) is 3.